The number of hydrogen-bond acceptors (Lipinski definition) is 7. The molecule has 0 unspecified atom stereocenters. The van der Waals surface area contributed by atoms with Crippen molar-refractivity contribution in [3.63, 3.8) is 0 Å². The maximum absolute atomic E-state index is 13.4. The number of pyridine rings is 1. The number of halogens is 1. The second-order valence-corrected chi connectivity index (χ2v) is 10.2. The zero-order valence-corrected chi connectivity index (χ0v) is 23.3. The summed E-state index contributed by atoms with van der Waals surface area (Å²) in [5, 5.41) is 0.222. The highest BCUT2D eigenvalue weighted by molar-refractivity contribution is 6.29. The van der Waals surface area contributed by atoms with E-state index in [2.05, 4.69) is 4.98 Å². The molecule has 2 amide bonds. The fourth-order valence-electron chi connectivity index (χ4n) is 5.29. The number of ether oxygens (including phenoxy) is 4. The van der Waals surface area contributed by atoms with E-state index in [4.69, 9.17) is 30.5 Å². The van der Waals surface area contributed by atoms with Gasteiger partial charge in [-0.1, -0.05) is 11.6 Å². The summed E-state index contributed by atoms with van der Waals surface area (Å²) in [6, 6.07) is 6.73. The quantitative estimate of drug-likeness (QED) is 0.379. The van der Waals surface area contributed by atoms with Gasteiger partial charge in [-0.15, -0.1) is 0 Å². The first kappa shape index (κ1) is 27.6. The van der Waals surface area contributed by atoms with E-state index in [1.165, 1.54) is 7.11 Å². The number of benzene rings is 1. The largest absolute Gasteiger partial charge is 0.496 e. The SMILES string of the molecule is COc1cc(C(=O)N2CCC3(CCN(C(=O)/C(C)=C/c4cc(OC)c(OC)cc4OC)C3)CC2)cc(Cl)n1. The Balaban J connectivity index is 1.41. The van der Waals surface area contributed by atoms with Crippen molar-refractivity contribution in [2.24, 2.45) is 5.41 Å². The van der Waals surface area contributed by atoms with Crippen molar-refractivity contribution < 1.29 is 28.5 Å². The molecule has 204 valence electrons. The summed E-state index contributed by atoms with van der Waals surface area (Å²) in [6.45, 7) is 4.44. The number of methoxy groups -OCH3 is 4. The molecule has 3 heterocycles. The van der Waals surface area contributed by atoms with Gasteiger partial charge in [0.15, 0.2) is 11.5 Å². The molecule has 0 radical (unpaired) electrons. The molecule has 1 spiro atoms. The Morgan fingerprint density at radius 3 is 2.08 bits per heavy atom. The summed E-state index contributed by atoms with van der Waals surface area (Å²) in [5.74, 6) is 1.94. The minimum Gasteiger partial charge on any atom is -0.496 e. The van der Waals surface area contributed by atoms with E-state index in [-0.39, 0.29) is 22.4 Å². The molecular weight excluding hydrogens is 510 g/mol. The molecule has 9 nitrogen and oxygen atoms in total. The van der Waals surface area contributed by atoms with Crippen LogP contribution in [-0.4, -0.2) is 81.2 Å². The Labute approximate surface area is 228 Å². The lowest BCUT2D eigenvalue weighted by Crippen LogP contribution is -2.44. The summed E-state index contributed by atoms with van der Waals surface area (Å²) >= 11 is 6.06. The Bertz CT molecular complexity index is 1240. The van der Waals surface area contributed by atoms with Crippen molar-refractivity contribution in [2.75, 3.05) is 54.6 Å². The third-order valence-electron chi connectivity index (χ3n) is 7.51. The zero-order valence-electron chi connectivity index (χ0n) is 22.5. The summed E-state index contributed by atoms with van der Waals surface area (Å²) in [4.78, 5) is 34.3. The molecular formula is C28H34ClN3O6. The molecule has 0 N–H and O–H groups in total. The Morgan fingerprint density at radius 1 is 0.868 bits per heavy atom. The fraction of sp³-hybridized carbons (Fsp3) is 0.464. The predicted octanol–water partition coefficient (Wildman–Crippen LogP) is 4.33. The van der Waals surface area contributed by atoms with Crippen LogP contribution in [0.15, 0.2) is 29.8 Å². The van der Waals surface area contributed by atoms with Crippen molar-refractivity contribution in [3.05, 3.63) is 46.1 Å². The van der Waals surface area contributed by atoms with Crippen molar-refractivity contribution in [3.8, 4) is 23.1 Å². The van der Waals surface area contributed by atoms with Gasteiger partial charge in [0.25, 0.3) is 5.91 Å². The summed E-state index contributed by atoms with van der Waals surface area (Å²) in [6.07, 6.45) is 4.42. The van der Waals surface area contributed by atoms with Crippen LogP contribution in [0, 0.1) is 5.41 Å². The van der Waals surface area contributed by atoms with Crippen molar-refractivity contribution >= 4 is 29.5 Å². The van der Waals surface area contributed by atoms with Crippen LogP contribution in [0.5, 0.6) is 23.1 Å². The molecule has 0 bridgehead atoms. The van der Waals surface area contributed by atoms with E-state index in [0.717, 1.165) is 24.8 Å². The molecule has 10 heteroatoms. The Hall–Kier alpha value is -3.46. The zero-order chi connectivity index (χ0) is 27.4. The standard InChI is InChI=1S/C28H34ClN3O6/c1-18(12-19-13-22(36-3)23(37-4)16-21(19)35-2)26(33)32-11-8-28(17-32)6-9-31(10-7-28)27(34)20-14-24(29)30-25(15-20)38-5/h12-16H,6-11,17H2,1-5H3/b18-12+. The lowest BCUT2D eigenvalue weighted by molar-refractivity contribution is -0.126. The molecule has 2 aromatic rings. The van der Waals surface area contributed by atoms with Crippen molar-refractivity contribution in [2.45, 2.75) is 26.2 Å². The molecule has 0 atom stereocenters. The number of likely N-dealkylation sites (tertiary alicyclic amines) is 2. The second-order valence-electron chi connectivity index (χ2n) is 9.77. The average molecular weight is 544 g/mol. The molecule has 1 aromatic carbocycles. The first-order chi connectivity index (χ1) is 18.2. The number of piperidine rings is 1. The third-order valence-corrected chi connectivity index (χ3v) is 7.70. The Morgan fingerprint density at radius 2 is 1.47 bits per heavy atom. The highest BCUT2D eigenvalue weighted by Gasteiger charge is 2.43. The number of aromatic nitrogens is 1. The summed E-state index contributed by atoms with van der Waals surface area (Å²) in [7, 11) is 6.21. The van der Waals surface area contributed by atoms with Crippen molar-refractivity contribution in [1.82, 2.24) is 14.8 Å². The van der Waals surface area contributed by atoms with E-state index >= 15 is 0 Å². The van der Waals surface area contributed by atoms with Crippen LogP contribution < -0.4 is 18.9 Å². The van der Waals surface area contributed by atoms with Gasteiger partial charge < -0.3 is 28.7 Å². The molecule has 38 heavy (non-hydrogen) atoms. The maximum atomic E-state index is 13.4. The van der Waals surface area contributed by atoms with E-state index in [0.29, 0.717) is 60.4 Å². The smallest absolute Gasteiger partial charge is 0.254 e. The number of carbonyl (C=O) groups excluding carboxylic acids is 2. The molecule has 0 saturated carbocycles. The predicted molar refractivity (Wildman–Crippen MR) is 144 cm³/mol. The third kappa shape index (κ3) is 5.67. The number of amides is 2. The van der Waals surface area contributed by atoms with Crippen LogP contribution in [0.4, 0.5) is 0 Å². The van der Waals surface area contributed by atoms with Gasteiger partial charge >= 0.3 is 0 Å². The Kier molecular flexibility index (Phi) is 8.35. The van der Waals surface area contributed by atoms with E-state index < -0.39 is 0 Å². The van der Waals surface area contributed by atoms with Crippen LogP contribution in [0.1, 0.15) is 42.1 Å². The highest BCUT2D eigenvalue weighted by Crippen LogP contribution is 2.41. The van der Waals surface area contributed by atoms with E-state index in [1.807, 2.05) is 22.8 Å². The lowest BCUT2D eigenvalue weighted by Gasteiger charge is -2.39. The van der Waals surface area contributed by atoms with Crippen LogP contribution in [0.3, 0.4) is 0 Å². The molecule has 2 aliphatic heterocycles. The second kappa shape index (κ2) is 11.5. The summed E-state index contributed by atoms with van der Waals surface area (Å²) < 4.78 is 21.4. The van der Waals surface area contributed by atoms with Crippen LogP contribution >= 0.6 is 11.6 Å². The van der Waals surface area contributed by atoms with Crippen LogP contribution in [-0.2, 0) is 4.79 Å². The molecule has 1 aromatic heterocycles. The van der Waals surface area contributed by atoms with Gasteiger partial charge in [-0.25, -0.2) is 4.98 Å². The topological polar surface area (TPSA) is 90.4 Å². The first-order valence-corrected chi connectivity index (χ1v) is 12.9. The van der Waals surface area contributed by atoms with Gasteiger partial charge in [0.2, 0.25) is 11.8 Å². The monoisotopic (exact) mass is 543 g/mol. The van der Waals surface area contributed by atoms with Gasteiger partial charge in [-0.05, 0) is 49.8 Å². The molecule has 4 rings (SSSR count). The van der Waals surface area contributed by atoms with E-state index in [9.17, 15) is 9.59 Å². The molecule has 2 saturated heterocycles. The fourth-order valence-corrected chi connectivity index (χ4v) is 5.50. The molecule has 2 fully saturated rings. The minimum atomic E-state index is -0.0870. The average Bonchev–Trinajstić information content (AvgIpc) is 3.34. The molecule has 2 aliphatic rings. The summed E-state index contributed by atoms with van der Waals surface area (Å²) in [5.41, 5.74) is 1.84. The number of rotatable bonds is 7. The van der Waals surface area contributed by atoms with Gasteiger partial charge in [-0.3, -0.25) is 9.59 Å². The number of nitrogens with zero attached hydrogens (tertiary/aromatic N) is 3. The lowest BCUT2D eigenvalue weighted by atomic mass is 9.77. The first-order valence-electron chi connectivity index (χ1n) is 12.5. The van der Waals surface area contributed by atoms with Crippen LogP contribution in [0.25, 0.3) is 6.08 Å². The maximum Gasteiger partial charge on any atom is 0.254 e. The minimum absolute atomic E-state index is 0.00394. The van der Waals surface area contributed by atoms with Gasteiger partial charge in [0.1, 0.15) is 10.9 Å². The van der Waals surface area contributed by atoms with Crippen LogP contribution in [0.2, 0.25) is 5.15 Å². The van der Waals surface area contributed by atoms with Gasteiger partial charge in [0.05, 0.1) is 28.4 Å². The van der Waals surface area contributed by atoms with Gasteiger partial charge in [-0.2, -0.15) is 0 Å². The van der Waals surface area contributed by atoms with Gasteiger partial charge in [0, 0.05) is 55.0 Å². The highest BCUT2D eigenvalue weighted by atomic mass is 35.5. The van der Waals surface area contributed by atoms with Crippen molar-refractivity contribution in [1.29, 1.82) is 0 Å². The molecule has 0 aliphatic carbocycles. The van der Waals surface area contributed by atoms with E-state index in [1.54, 1.807) is 45.6 Å². The number of hydrogen-bond donors (Lipinski definition) is 0. The number of carbonyl (C=O) groups is 2. The normalized spacial score (nSPS) is 16.9.